The molecule has 4 aromatic rings. The Morgan fingerprint density at radius 1 is 1.11 bits per heavy atom. The van der Waals surface area contributed by atoms with Gasteiger partial charge in [-0.25, -0.2) is 0 Å². The first-order chi connectivity index (χ1) is 13.0. The van der Waals surface area contributed by atoms with Crippen LogP contribution in [0.5, 0.6) is 0 Å². The van der Waals surface area contributed by atoms with Gasteiger partial charge in [-0.3, -0.25) is 9.20 Å². The van der Waals surface area contributed by atoms with E-state index in [1.54, 1.807) is 18.2 Å². The summed E-state index contributed by atoms with van der Waals surface area (Å²) < 4.78 is 1.97. The Kier molecular flexibility index (Phi) is 4.95. The van der Waals surface area contributed by atoms with Crippen molar-refractivity contribution in [2.45, 2.75) is 12.1 Å². The van der Waals surface area contributed by atoms with E-state index in [1.807, 2.05) is 35.6 Å². The Morgan fingerprint density at radius 3 is 2.63 bits per heavy atom. The van der Waals surface area contributed by atoms with Gasteiger partial charge in [0.25, 0.3) is 0 Å². The molecule has 136 valence electrons. The van der Waals surface area contributed by atoms with Gasteiger partial charge < -0.3 is 5.32 Å². The summed E-state index contributed by atoms with van der Waals surface area (Å²) in [4.78, 5) is 12.3. The molecule has 4 rings (SSSR count). The number of pyridine rings is 1. The highest BCUT2D eigenvalue weighted by atomic mass is 35.5. The molecule has 0 aliphatic heterocycles. The zero-order valence-corrected chi connectivity index (χ0v) is 16.6. The number of carbonyl (C=O) groups excluding carboxylic acids is 1. The third-order valence-electron chi connectivity index (χ3n) is 4.05. The summed E-state index contributed by atoms with van der Waals surface area (Å²) in [5, 5.41) is 14.0. The van der Waals surface area contributed by atoms with Gasteiger partial charge in [-0.05, 0) is 42.8 Å². The number of benzene rings is 2. The van der Waals surface area contributed by atoms with E-state index in [0.29, 0.717) is 20.9 Å². The number of carbonyl (C=O) groups is 1. The first-order valence-corrected chi connectivity index (χ1v) is 9.87. The molecule has 1 amide bonds. The Bertz CT molecular complexity index is 1160. The summed E-state index contributed by atoms with van der Waals surface area (Å²) in [5.41, 5.74) is 3.47. The fourth-order valence-electron chi connectivity index (χ4n) is 2.92. The monoisotopic (exact) mass is 416 g/mol. The smallest absolute Gasteiger partial charge is 0.234 e. The topological polar surface area (TPSA) is 59.3 Å². The highest BCUT2D eigenvalue weighted by Crippen LogP contribution is 2.26. The average molecular weight is 417 g/mol. The summed E-state index contributed by atoms with van der Waals surface area (Å²) in [6.45, 7) is 2.05. The predicted molar refractivity (Wildman–Crippen MR) is 111 cm³/mol. The maximum Gasteiger partial charge on any atom is 0.234 e. The van der Waals surface area contributed by atoms with Crippen LogP contribution in [-0.2, 0) is 4.79 Å². The number of rotatable bonds is 4. The van der Waals surface area contributed by atoms with Crippen molar-refractivity contribution in [3.63, 3.8) is 0 Å². The standard InChI is InChI=1S/C19H14Cl2N4OS/c1-11-6-17-23-24-19(25(17)16-5-3-2-4-15(11)16)27-10-18(26)22-14-8-12(20)7-13(21)9-14/h2-9H,10H2,1H3,(H,22,26). The van der Waals surface area contributed by atoms with Gasteiger partial charge in [0.05, 0.1) is 11.3 Å². The first-order valence-electron chi connectivity index (χ1n) is 8.13. The van der Waals surface area contributed by atoms with Crippen LogP contribution in [0.1, 0.15) is 5.56 Å². The Balaban J connectivity index is 1.57. The van der Waals surface area contributed by atoms with Gasteiger partial charge in [0.15, 0.2) is 10.8 Å². The number of nitrogens with one attached hydrogen (secondary N) is 1. The Morgan fingerprint density at radius 2 is 1.85 bits per heavy atom. The van der Waals surface area contributed by atoms with Crippen LogP contribution < -0.4 is 5.32 Å². The number of aromatic nitrogens is 3. The first kappa shape index (κ1) is 18.1. The highest BCUT2D eigenvalue weighted by Gasteiger charge is 2.13. The quantitative estimate of drug-likeness (QED) is 0.462. The van der Waals surface area contributed by atoms with Crippen molar-refractivity contribution >= 4 is 63.1 Å². The fraction of sp³-hybridized carbons (Fsp3) is 0.105. The number of halogens is 2. The number of para-hydroxylation sites is 1. The molecule has 0 spiro atoms. The van der Waals surface area contributed by atoms with Crippen molar-refractivity contribution in [3.8, 4) is 0 Å². The van der Waals surface area contributed by atoms with Crippen LogP contribution in [0.25, 0.3) is 16.6 Å². The van der Waals surface area contributed by atoms with Crippen molar-refractivity contribution < 1.29 is 4.79 Å². The zero-order chi connectivity index (χ0) is 19.0. The lowest BCUT2D eigenvalue weighted by Gasteiger charge is -2.08. The predicted octanol–water partition coefficient (Wildman–Crippen LogP) is 5.23. The molecule has 0 saturated heterocycles. The Labute approximate surface area is 169 Å². The molecule has 0 atom stereocenters. The molecule has 0 radical (unpaired) electrons. The second kappa shape index (κ2) is 7.38. The van der Waals surface area contributed by atoms with Crippen molar-refractivity contribution in [2.24, 2.45) is 0 Å². The molecule has 0 bridgehead atoms. The molecule has 27 heavy (non-hydrogen) atoms. The van der Waals surface area contributed by atoms with Gasteiger partial charge >= 0.3 is 0 Å². The largest absolute Gasteiger partial charge is 0.325 e. The summed E-state index contributed by atoms with van der Waals surface area (Å²) in [7, 11) is 0. The lowest BCUT2D eigenvalue weighted by molar-refractivity contribution is -0.113. The van der Waals surface area contributed by atoms with Crippen LogP contribution in [-0.4, -0.2) is 26.3 Å². The summed E-state index contributed by atoms with van der Waals surface area (Å²) in [6, 6.07) is 15.0. The molecular formula is C19H14Cl2N4OS. The van der Waals surface area contributed by atoms with E-state index in [4.69, 9.17) is 23.2 Å². The van der Waals surface area contributed by atoms with Gasteiger partial charge in [-0.15, -0.1) is 10.2 Å². The average Bonchev–Trinajstić information content (AvgIpc) is 3.02. The van der Waals surface area contributed by atoms with E-state index in [2.05, 4.69) is 21.6 Å². The van der Waals surface area contributed by atoms with Crippen LogP contribution in [0, 0.1) is 6.92 Å². The van der Waals surface area contributed by atoms with E-state index in [1.165, 1.54) is 11.8 Å². The second-order valence-electron chi connectivity index (χ2n) is 6.02. The van der Waals surface area contributed by atoms with Crippen molar-refractivity contribution in [3.05, 3.63) is 64.1 Å². The maximum atomic E-state index is 12.3. The molecule has 5 nitrogen and oxygen atoms in total. The van der Waals surface area contributed by atoms with Crippen LogP contribution in [0.2, 0.25) is 10.0 Å². The van der Waals surface area contributed by atoms with Crippen molar-refractivity contribution in [1.29, 1.82) is 0 Å². The van der Waals surface area contributed by atoms with Crippen LogP contribution >= 0.6 is 35.0 Å². The molecule has 2 aromatic heterocycles. The number of thioether (sulfide) groups is 1. The third kappa shape index (κ3) is 3.74. The van der Waals surface area contributed by atoms with Gasteiger partial charge in [0, 0.05) is 21.1 Å². The molecule has 0 fully saturated rings. The number of hydrogen-bond donors (Lipinski definition) is 1. The molecule has 0 aliphatic rings. The third-order valence-corrected chi connectivity index (χ3v) is 5.42. The number of anilines is 1. The minimum atomic E-state index is -0.175. The molecular weight excluding hydrogens is 403 g/mol. The van der Waals surface area contributed by atoms with E-state index >= 15 is 0 Å². The fourth-order valence-corrected chi connectivity index (χ4v) is 4.20. The van der Waals surface area contributed by atoms with Gasteiger partial charge in [-0.1, -0.05) is 53.2 Å². The van der Waals surface area contributed by atoms with Gasteiger partial charge in [0.1, 0.15) is 0 Å². The number of nitrogens with zero attached hydrogens (tertiary/aromatic N) is 3. The van der Waals surface area contributed by atoms with E-state index in [0.717, 1.165) is 22.1 Å². The zero-order valence-electron chi connectivity index (χ0n) is 14.2. The number of fused-ring (bicyclic) bond motifs is 3. The van der Waals surface area contributed by atoms with Crippen LogP contribution in [0.3, 0.4) is 0 Å². The number of hydrogen-bond acceptors (Lipinski definition) is 4. The van der Waals surface area contributed by atoms with Gasteiger partial charge in [0.2, 0.25) is 5.91 Å². The maximum absolute atomic E-state index is 12.3. The van der Waals surface area contributed by atoms with E-state index in [-0.39, 0.29) is 11.7 Å². The highest BCUT2D eigenvalue weighted by molar-refractivity contribution is 7.99. The summed E-state index contributed by atoms with van der Waals surface area (Å²) >= 11 is 13.3. The number of amides is 1. The lowest BCUT2D eigenvalue weighted by Crippen LogP contribution is -2.14. The van der Waals surface area contributed by atoms with Crippen LogP contribution in [0.4, 0.5) is 5.69 Å². The van der Waals surface area contributed by atoms with E-state index < -0.39 is 0 Å². The van der Waals surface area contributed by atoms with Crippen molar-refractivity contribution in [1.82, 2.24) is 14.6 Å². The summed E-state index contributed by atoms with van der Waals surface area (Å²) in [6.07, 6.45) is 0. The van der Waals surface area contributed by atoms with Gasteiger partial charge in [-0.2, -0.15) is 0 Å². The molecule has 2 aromatic carbocycles. The second-order valence-corrected chi connectivity index (χ2v) is 7.83. The Hall–Kier alpha value is -2.28. The van der Waals surface area contributed by atoms with E-state index in [9.17, 15) is 4.79 Å². The normalized spacial score (nSPS) is 11.2. The lowest BCUT2D eigenvalue weighted by atomic mass is 10.1. The number of aryl methyl sites for hydroxylation is 1. The minimum Gasteiger partial charge on any atom is -0.325 e. The molecule has 0 unspecified atom stereocenters. The molecule has 1 N–H and O–H groups in total. The SMILES string of the molecule is Cc1cc2nnc(SCC(=O)Nc3cc(Cl)cc(Cl)c3)n2c2ccccc12. The molecule has 0 aliphatic carbocycles. The minimum absolute atomic E-state index is 0.175. The molecule has 0 saturated carbocycles. The molecule has 8 heteroatoms. The summed E-state index contributed by atoms with van der Waals surface area (Å²) in [5.74, 6) is 0.0131. The van der Waals surface area contributed by atoms with Crippen LogP contribution in [0.15, 0.2) is 53.7 Å². The van der Waals surface area contributed by atoms with Crippen molar-refractivity contribution in [2.75, 3.05) is 11.1 Å². The molecule has 2 heterocycles.